The standard InChI is InChI=1S/C25H28FN3O5/c1-32-21-8-5-9-22(33-2)24(21)34-15-18(30)14-27-25(31)23-19-6-3-4-7-20(19)29(28-23)17-12-10-16(26)11-13-17/h5,8-13,18,30H,3-4,6-7,14-15H2,1-2H3,(H,27,31). The van der Waals surface area contributed by atoms with E-state index in [1.807, 2.05) is 0 Å². The first-order valence-electron chi connectivity index (χ1n) is 11.2. The van der Waals surface area contributed by atoms with Crippen LogP contribution in [0.25, 0.3) is 5.69 Å². The summed E-state index contributed by atoms with van der Waals surface area (Å²) in [5, 5.41) is 17.7. The quantitative estimate of drug-likeness (QED) is 0.500. The van der Waals surface area contributed by atoms with Gasteiger partial charge in [-0.1, -0.05) is 6.07 Å². The Kier molecular flexibility index (Phi) is 7.32. The molecule has 2 aromatic carbocycles. The molecule has 3 aromatic rings. The number of hydrogen-bond acceptors (Lipinski definition) is 6. The zero-order valence-corrected chi connectivity index (χ0v) is 19.2. The Labute approximate surface area is 197 Å². The number of para-hydroxylation sites is 1. The van der Waals surface area contributed by atoms with Gasteiger partial charge in [-0.2, -0.15) is 5.10 Å². The number of carbonyl (C=O) groups excluding carboxylic acids is 1. The van der Waals surface area contributed by atoms with Crippen molar-refractivity contribution in [3.05, 3.63) is 65.2 Å². The van der Waals surface area contributed by atoms with E-state index in [1.165, 1.54) is 26.4 Å². The van der Waals surface area contributed by atoms with Crippen LogP contribution in [0.1, 0.15) is 34.6 Å². The van der Waals surface area contributed by atoms with Crippen molar-refractivity contribution in [3.8, 4) is 22.9 Å². The van der Waals surface area contributed by atoms with Crippen molar-refractivity contribution in [1.29, 1.82) is 0 Å². The summed E-state index contributed by atoms with van der Waals surface area (Å²) < 4.78 is 31.4. The fourth-order valence-electron chi connectivity index (χ4n) is 4.07. The number of halogens is 1. The maximum Gasteiger partial charge on any atom is 0.272 e. The molecule has 0 bridgehead atoms. The van der Waals surface area contributed by atoms with Gasteiger partial charge in [0.1, 0.15) is 18.5 Å². The lowest BCUT2D eigenvalue weighted by Crippen LogP contribution is -2.36. The molecule has 0 radical (unpaired) electrons. The van der Waals surface area contributed by atoms with Crippen LogP contribution in [0.5, 0.6) is 17.2 Å². The van der Waals surface area contributed by atoms with E-state index in [0.29, 0.717) is 28.6 Å². The highest BCUT2D eigenvalue weighted by atomic mass is 19.1. The monoisotopic (exact) mass is 469 g/mol. The Bertz CT molecular complexity index is 1120. The third kappa shape index (κ3) is 4.99. The summed E-state index contributed by atoms with van der Waals surface area (Å²) in [7, 11) is 3.04. The lowest BCUT2D eigenvalue weighted by molar-refractivity contribution is 0.0829. The van der Waals surface area contributed by atoms with Crippen LogP contribution in [0.15, 0.2) is 42.5 Å². The summed E-state index contributed by atoms with van der Waals surface area (Å²) >= 11 is 0. The average Bonchev–Trinajstić information content (AvgIpc) is 3.26. The van der Waals surface area contributed by atoms with E-state index in [2.05, 4.69) is 10.4 Å². The number of methoxy groups -OCH3 is 2. The SMILES string of the molecule is COc1cccc(OC)c1OCC(O)CNC(=O)c1nn(-c2ccc(F)cc2)c2c1CCCC2. The van der Waals surface area contributed by atoms with E-state index < -0.39 is 6.10 Å². The topological polar surface area (TPSA) is 94.8 Å². The Morgan fingerprint density at radius 1 is 1.12 bits per heavy atom. The smallest absolute Gasteiger partial charge is 0.272 e. The van der Waals surface area contributed by atoms with Gasteiger partial charge in [0.2, 0.25) is 5.75 Å². The fourth-order valence-corrected chi connectivity index (χ4v) is 4.07. The Hall–Kier alpha value is -3.59. The zero-order valence-electron chi connectivity index (χ0n) is 19.2. The number of nitrogens with one attached hydrogen (secondary N) is 1. The molecule has 1 amide bonds. The Morgan fingerprint density at radius 2 is 1.79 bits per heavy atom. The number of fused-ring (bicyclic) bond motifs is 1. The number of ether oxygens (including phenoxy) is 3. The highest BCUT2D eigenvalue weighted by Gasteiger charge is 2.26. The number of amides is 1. The molecule has 1 atom stereocenters. The molecule has 1 aliphatic rings. The summed E-state index contributed by atoms with van der Waals surface area (Å²) in [6, 6.07) is 11.3. The maximum absolute atomic E-state index is 13.4. The molecular weight excluding hydrogens is 441 g/mol. The molecule has 4 rings (SSSR count). The second-order valence-corrected chi connectivity index (χ2v) is 8.04. The summed E-state index contributed by atoms with van der Waals surface area (Å²) in [6.07, 6.45) is 2.56. The minimum atomic E-state index is -0.964. The highest BCUT2D eigenvalue weighted by molar-refractivity contribution is 5.94. The van der Waals surface area contributed by atoms with Crippen LogP contribution < -0.4 is 19.5 Å². The molecule has 0 spiro atoms. The first-order chi connectivity index (χ1) is 16.5. The summed E-state index contributed by atoms with van der Waals surface area (Å²) in [5.74, 6) is 0.643. The van der Waals surface area contributed by atoms with Crippen molar-refractivity contribution in [1.82, 2.24) is 15.1 Å². The number of benzene rings is 2. The van der Waals surface area contributed by atoms with Crippen molar-refractivity contribution < 1.29 is 28.5 Å². The molecule has 9 heteroatoms. The number of hydrogen-bond donors (Lipinski definition) is 2. The second-order valence-electron chi connectivity index (χ2n) is 8.04. The van der Waals surface area contributed by atoms with Gasteiger partial charge in [0.05, 0.1) is 19.9 Å². The highest BCUT2D eigenvalue weighted by Crippen LogP contribution is 2.36. The Balaban J connectivity index is 1.43. The van der Waals surface area contributed by atoms with Crippen molar-refractivity contribution >= 4 is 5.91 Å². The molecule has 2 N–H and O–H groups in total. The van der Waals surface area contributed by atoms with Crippen LogP contribution in [-0.2, 0) is 12.8 Å². The van der Waals surface area contributed by atoms with Gasteiger partial charge in [0.25, 0.3) is 5.91 Å². The zero-order chi connectivity index (χ0) is 24.1. The van der Waals surface area contributed by atoms with Crippen LogP contribution in [0.4, 0.5) is 4.39 Å². The summed E-state index contributed by atoms with van der Waals surface area (Å²) in [4.78, 5) is 13.0. The van der Waals surface area contributed by atoms with Crippen molar-refractivity contribution in [2.75, 3.05) is 27.4 Å². The van der Waals surface area contributed by atoms with E-state index in [1.54, 1.807) is 35.0 Å². The first-order valence-corrected chi connectivity index (χ1v) is 11.2. The first kappa shape index (κ1) is 23.6. The second kappa shape index (κ2) is 10.6. The van der Waals surface area contributed by atoms with E-state index in [-0.39, 0.29) is 24.9 Å². The van der Waals surface area contributed by atoms with Crippen LogP contribution in [0.2, 0.25) is 0 Å². The van der Waals surface area contributed by atoms with Crippen molar-refractivity contribution in [2.45, 2.75) is 31.8 Å². The lowest BCUT2D eigenvalue weighted by Gasteiger charge is -2.17. The number of carbonyl (C=O) groups is 1. The van der Waals surface area contributed by atoms with E-state index >= 15 is 0 Å². The van der Waals surface area contributed by atoms with Crippen molar-refractivity contribution in [3.63, 3.8) is 0 Å². The molecule has 8 nitrogen and oxygen atoms in total. The van der Waals surface area contributed by atoms with Crippen LogP contribution >= 0.6 is 0 Å². The molecule has 1 aromatic heterocycles. The van der Waals surface area contributed by atoms with Gasteiger partial charge in [0, 0.05) is 17.8 Å². The number of aliphatic hydroxyl groups excluding tert-OH is 1. The molecule has 1 heterocycles. The average molecular weight is 470 g/mol. The minimum Gasteiger partial charge on any atom is -0.493 e. The molecule has 0 fully saturated rings. The number of aromatic nitrogens is 2. The normalized spacial score (nSPS) is 13.6. The molecule has 0 aliphatic heterocycles. The van der Waals surface area contributed by atoms with E-state index in [4.69, 9.17) is 14.2 Å². The van der Waals surface area contributed by atoms with Gasteiger partial charge < -0.3 is 24.6 Å². The molecular formula is C25H28FN3O5. The Morgan fingerprint density at radius 3 is 2.47 bits per heavy atom. The van der Waals surface area contributed by atoms with Gasteiger partial charge in [-0.25, -0.2) is 9.07 Å². The molecule has 0 saturated heterocycles. The van der Waals surface area contributed by atoms with Gasteiger partial charge in [-0.15, -0.1) is 0 Å². The van der Waals surface area contributed by atoms with Crippen LogP contribution in [-0.4, -0.2) is 54.3 Å². The number of aliphatic hydroxyl groups is 1. The van der Waals surface area contributed by atoms with Gasteiger partial charge >= 0.3 is 0 Å². The third-order valence-corrected chi connectivity index (χ3v) is 5.77. The molecule has 1 unspecified atom stereocenters. The minimum absolute atomic E-state index is 0.0194. The summed E-state index contributed by atoms with van der Waals surface area (Å²) in [6.45, 7) is -0.0897. The van der Waals surface area contributed by atoms with Gasteiger partial charge in [-0.05, 0) is 62.1 Å². The number of rotatable bonds is 9. The number of nitrogens with zero attached hydrogens (tertiary/aromatic N) is 2. The molecule has 34 heavy (non-hydrogen) atoms. The lowest BCUT2D eigenvalue weighted by atomic mass is 9.95. The summed E-state index contributed by atoms with van der Waals surface area (Å²) in [5.41, 5.74) is 2.91. The van der Waals surface area contributed by atoms with E-state index in [0.717, 1.165) is 36.9 Å². The van der Waals surface area contributed by atoms with Gasteiger partial charge in [-0.3, -0.25) is 4.79 Å². The van der Waals surface area contributed by atoms with Crippen LogP contribution in [0.3, 0.4) is 0 Å². The predicted octanol–water partition coefficient (Wildman–Crippen LogP) is 3.08. The van der Waals surface area contributed by atoms with Crippen molar-refractivity contribution in [2.24, 2.45) is 0 Å². The third-order valence-electron chi connectivity index (χ3n) is 5.77. The molecule has 1 aliphatic carbocycles. The predicted molar refractivity (Wildman–Crippen MR) is 124 cm³/mol. The molecule has 0 saturated carbocycles. The van der Waals surface area contributed by atoms with Gasteiger partial charge in [0.15, 0.2) is 17.2 Å². The largest absolute Gasteiger partial charge is 0.493 e. The maximum atomic E-state index is 13.4. The fraction of sp³-hybridized carbons (Fsp3) is 0.360. The molecule has 180 valence electrons. The van der Waals surface area contributed by atoms with E-state index in [9.17, 15) is 14.3 Å². The van der Waals surface area contributed by atoms with Crippen LogP contribution in [0, 0.1) is 5.82 Å².